The normalized spacial score (nSPS) is 22.8. The van der Waals surface area contributed by atoms with Crippen LogP contribution in [0.2, 0.25) is 0 Å². The van der Waals surface area contributed by atoms with E-state index in [0.717, 1.165) is 30.6 Å². The molecule has 0 amide bonds. The summed E-state index contributed by atoms with van der Waals surface area (Å²) in [4.78, 5) is 0. The molecule has 0 aliphatic heterocycles. The van der Waals surface area contributed by atoms with E-state index in [9.17, 15) is 8.78 Å². The average Bonchev–Trinajstić information content (AvgIpc) is 2.66. The summed E-state index contributed by atoms with van der Waals surface area (Å²) in [5, 5.41) is 2.95. The van der Waals surface area contributed by atoms with Crippen molar-refractivity contribution in [2.24, 2.45) is 0 Å². The molecular weight excluding hydrogens is 200 g/mol. The molecule has 2 nitrogen and oxygen atoms in total. The Bertz CT molecular complexity index is 324. The van der Waals surface area contributed by atoms with E-state index in [1.54, 1.807) is 6.26 Å². The molecule has 1 N–H and O–H groups in total. The Morgan fingerprint density at radius 1 is 1.53 bits per heavy atom. The molecule has 0 saturated heterocycles. The highest BCUT2D eigenvalue weighted by molar-refractivity contribution is 5.24. The van der Waals surface area contributed by atoms with Gasteiger partial charge in [0.1, 0.15) is 5.76 Å². The fourth-order valence-electron chi connectivity index (χ4n) is 2.05. The van der Waals surface area contributed by atoms with Crippen LogP contribution in [0.4, 0.5) is 8.78 Å². The molecule has 0 aromatic carbocycles. The van der Waals surface area contributed by atoms with Crippen LogP contribution in [0.1, 0.15) is 37.1 Å². The number of hydrogen-bond acceptors (Lipinski definition) is 2. The molecule has 1 aliphatic carbocycles. The first-order valence-corrected chi connectivity index (χ1v) is 5.29. The Morgan fingerprint density at radius 2 is 2.33 bits per heavy atom. The van der Waals surface area contributed by atoms with Gasteiger partial charge in [-0.1, -0.05) is 0 Å². The third kappa shape index (κ3) is 2.20. The largest absolute Gasteiger partial charge is 0.469 e. The Morgan fingerprint density at radius 3 is 3.07 bits per heavy atom. The van der Waals surface area contributed by atoms with Crippen LogP contribution in [-0.4, -0.2) is 12.5 Å². The van der Waals surface area contributed by atoms with Gasteiger partial charge in [0, 0.05) is 18.0 Å². The second-order valence-corrected chi connectivity index (χ2v) is 4.03. The average molecular weight is 215 g/mol. The highest BCUT2D eigenvalue weighted by Crippen LogP contribution is 2.31. The van der Waals surface area contributed by atoms with Crippen molar-refractivity contribution >= 4 is 0 Å². The number of halogens is 2. The van der Waals surface area contributed by atoms with Crippen LogP contribution in [0.25, 0.3) is 0 Å². The van der Waals surface area contributed by atoms with E-state index in [0.29, 0.717) is 0 Å². The Hall–Kier alpha value is -0.900. The molecule has 84 valence electrons. The van der Waals surface area contributed by atoms with Gasteiger partial charge in [-0.2, -0.15) is 0 Å². The first-order chi connectivity index (χ1) is 7.18. The number of rotatable bonds is 3. The fraction of sp³-hybridized carbons (Fsp3) is 0.636. The van der Waals surface area contributed by atoms with Crippen molar-refractivity contribution in [2.75, 3.05) is 0 Å². The highest BCUT2D eigenvalue weighted by atomic mass is 19.3. The minimum Gasteiger partial charge on any atom is -0.469 e. The number of nitrogens with one attached hydrogen (secondary N) is 1. The van der Waals surface area contributed by atoms with Crippen LogP contribution < -0.4 is 5.32 Å². The number of hydrogen-bond donors (Lipinski definition) is 1. The molecule has 1 aromatic heterocycles. The third-order valence-corrected chi connectivity index (χ3v) is 2.89. The van der Waals surface area contributed by atoms with Gasteiger partial charge >= 0.3 is 0 Å². The van der Waals surface area contributed by atoms with Crippen LogP contribution in [0, 0.1) is 0 Å². The summed E-state index contributed by atoms with van der Waals surface area (Å²) >= 11 is 0. The standard InChI is InChI=1S/C11H15F2NO/c1-7(11(12)13)14-9-3-2-4-10-8(9)5-6-15-10/h5-7,9,11,14H,2-4H2,1H3. The second kappa shape index (κ2) is 4.31. The van der Waals surface area contributed by atoms with Crippen molar-refractivity contribution in [1.29, 1.82) is 0 Å². The molecule has 2 atom stereocenters. The zero-order chi connectivity index (χ0) is 10.8. The van der Waals surface area contributed by atoms with Crippen molar-refractivity contribution in [2.45, 2.75) is 44.7 Å². The van der Waals surface area contributed by atoms with E-state index >= 15 is 0 Å². The van der Waals surface area contributed by atoms with Crippen molar-refractivity contribution < 1.29 is 13.2 Å². The predicted octanol–water partition coefficient (Wildman–Crippen LogP) is 2.90. The lowest BCUT2D eigenvalue weighted by molar-refractivity contribution is 0.0981. The van der Waals surface area contributed by atoms with Gasteiger partial charge in [-0.25, -0.2) is 8.78 Å². The second-order valence-electron chi connectivity index (χ2n) is 4.03. The Labute approximate surface area is 87.7 Å². The van der Waals surface area contributed by atoms with Crippen LogP contribution in [0.3, 0.4) is 0 Å². The number of fused-ring (bicyclic) bond motifs is 1. The van der Waals surface area contributed by atoms with E-state index in [1.165, 1.54) is 6.92 Å². The van der Waals surface area contributed by atoms with Gasteiger partial charge in [0.05, 0.1) is 12.3 Å². The summed E-state index contributed by atoms with van der Waals surface area (Å²) in [7, 11) is 0. The fourth-order valence-corrected chi connectivity index (χ4v) is 2.05. The van der Waals surface area contributed by atoms with Crippen LogP contribution in [0.5, 0.6) is 0 Å². The molecule has 1 aliphatic rings. The van der Waals surface area contributed by atoms with E-state index in [-0.39, 0.29) is 6.04 Å². The van der Waals surface area contributed by atoms with Gasteiger partial charge in [0.25, 0.3) is 6.43 Å². The monoisotopic (exact) mass is 215 g/mol. The summed E-state index contributed by atoms with van der Waals surface area (Å²) < 4.78 is 30.1. The Kier molecular flexibility index (Phi) is 3.05. The molecule has 2 unspecified atom stereocenters. The van der Waals surface area contributed by atoms with E-state index in [4.69, 9.17) is 4.42 Å². The van der Waals surface area contributed by atoms with Crippen molar-refractivity contribution in [3.8, 4) is 0 Å². The van der Waals surface area contributed by atoms with Gasteiger partial charge in [-0.3, -0.25) is 0 Å². The summed E-state index contributed by atoms with van der Waals surface area (Å²) in [6.45, 7) is 1.51. The SMILES string of the molecule is CC(NC1CCCc2occc21)C(F)F. The maximum Gasteiger partial charge on any atom is 0.253 e. The van der Waals surface area contributed by atoms with E-state index in [1.807, 2.05) is 6.07 Å². The van der Waals surface area contributed by atoms with Crippen molar-refractivity contribution in [1.82, 2.24) is 5.32 Å². The molecule has 0 saturated carbocycles. The summed E-state index contributed by atoms with van der Waals surface area (Å²) in [5.74, 6) is 0.945. The summed E-state index contributed by atoms with van der Waals surface area (Å²) in [5.41, 5.74) is 1.05. The van der Waals surface area contributed by atoms with Crippen molar-refractivity contribution in [3.63, 3.8) is 0 Å². The number of alkyl halides is 2. The number of aryl methyl sites for hydroxylation is 1. The lowest BCUT2D eigenvalue weighted by Crippen LogP contribution is -2.36. The van der Waals surface area contributed by atoms with Gasteiger partial charge in [-0.05, 0) is 25.8 Å². The topological polar surface area (TPSA) is 25.2 Å². The van der Waals surface area contributed by atoms with Gasteiger partial charge < -0.3 is 9.73 Å². The summed E-state index contributed by atoms with van der Waals surface area (Å²) in [6.07, 6.45) is 2.14. The molecule has 0 radical (unpaired) electrons. The van der Waals surface area contributed by atoms with Crippen LogP contribution >= 0.6 is 0 Å². The molecule has 1 aromatic rings. The molecule has 0 spiro atoms. The smallest absolute Gasteiger partial charge is 0.253 e. The molecular formula is C11H15F2NO. The van der Waals surface area contributed by atoms with Gasteiger partial charge in [-0.15, -0.1) is 0 Å². The molecule has 4 heteroatoms. The maximum absolute atomic E-state index is 12.4. The third-order valence-electron chi connectivity index (χ3n) is 2.89. The molecule has 2 rings (SSSR count). The lowest BCUT2D eigenvalue weighted by Gasteiger charge is -2.26. The summed E-state index contributed by atoms with van der Waals surface area (Å²) in [6, 6.07) is 1.14. The highest BCUT2D eigenvalue weighted by Gasteiger charge is 2.26. The minimum atomic E-state index is -2.32. The van der Waals surface area contributed by atoms with Crippen LogP contribution in [0.15, 0.2) is 16.7 Å². The van der Waals surface area contributed by atoms with E-state index in [2.05, 4.69) is 5.32 Å². The lowest BCUT2D eigenvalue weighted by atomic mass is 9.93. The Balaban J connectivity index is 2.06. The van der Waals surface area contributed by atoms with Crippen LogP contribution in [-0.2, 0) is 6.42 Å². The molecule has 15 heavy (non-hydrogen) atoms. The van der Waals surface area contributed by atoms with Gasteiger partial charge in [0.15, 0.2) is 0 Å². The first kappa shape index (κ1) is 10.6. The maximum atomic E-state index is 12.4. The minimum absolute atomic E-state index is 0.0245. The van der Waals surface area contributed by atoms with Gasteiger partial charge in [0.2, 0.25) is 0 Å². The predicted molar refractivity (Wildman–Crippen MR) is 53.0 cm³/mol. The number of furan rings is 1. The molecule has 0 fully saturated rings. The van der Waals surface area contributed by atoms with E-state index < -0.39 is 12.5 Å². The molecule has 0 bridgehead atoms. The molecule has 1 heterocycles. The van der Waals surface area contributed by atoms with Crippen molar-refractivity contribution in [3.05, 3.63) is 23.7 Å². The first-order valence-electron chi connectivity index (χ1n) is 5.29. The zero-order valence-electron chi connectivity index (χ0n) is 8.67. The quantitative estimate of drug-likeness (QED) is 0.838. The zero-order valence-corrected chi connectivity index (χ0v) is 8.67.